The van der Waals surface area contributed by atoms with E-state index in [0.717, 1.165) is 0 Å². The molecule has 1 aromatic rings. The van der Waals surface area contributed by atoms with Gasteiger partial charge in [-0.25, -0.2) is 8.42 Å². The van der Waals surface area contributed by atoms with Crippen LogP contribution in [0.25, 0.3) is 0 Å². The first-order valence-corrected chi connectivity index (χ1v) is 9.25. The van der Waals surface area contributed by atoms with Crippen LogP contribution in [0.1, 0.15) is 19.8 Å². The van der Waals surface area contributed by atoms with Crippen molar-refractivity contribution in [2.45, 2.75) is 29.4 Å². The van der Waals surface area contributed by atoms with Crippen molar-refractivity contribution in [1.82, 2.24) is 5.32 Å². The summed E-state index contributed by atoms with van der Waals surface area (Å²) in [6.45, 7) is 2.61. The third-order valence-corrected chi connectivity index (χ3v) is 6.40. The molecule has 1 saturated heterocycles. The predicted molar refractivity (Wildman–Crippen MR) is 89.4 cm³/mol. The van der Waals surface area contributed by atoms with E-state index in [0.29, 0.717) is 18.7 Å². The van der Waals surface area contributed by atoms with Crippen LogP contribution in [0.15, 0.2) is 29.2 Å². The van der Waals surface area contributed by atoms with E-state index in [1.165, 1.54) is 24.3 Å². The van der Waals surface area contributed by atoms with E-state index >= 15 is 0 Å². The number of ether oxygens (including phenoxy) is 2. The molecule has 6 nitrogen and oxygen atoms in total. The lowest BCUT2D eigenvalue weighted by Gasteiger charge is -2.34. The minimum absolute atomic E-state index is 0.0452. The molecule has 0 saturated carbocycles. The Hall–Kier alpha value is -2.04. The zero-order valence-corrected chi connectivity index (χ0v) is 14.4. The van der Waals surface area contributed by atoms with Crippen molar-refractivity contribution in [3.8, 4) is 18.1 Å². The Morgan fingerprint density at radius 2 is 2.08 bits per heavy atom. The Kier molecular flexibility index (Phi) is 5.86. The molecular weight excluding hydrogens is 330 g/mol. The van der Waals surface area contributed by atoms with Crippen LogP contribution >= 0.6 is 0 Å². The first-order chi connectivity index (χ1) is 11.5. The van der Waals surface area contributed by atoms with Crippen molar-refractivity contribution in [3.63, 3.8) is 0 Å². The summed E-state index contributed by atoms with van der Waals surface area (Å²) in [5.74, 6) is 2.11. The molecule has 0 aromatic heterocycles. The smallest absolute Gasteiger partial charge is 0.329 e. The van der Waals surface area contributed by atoms with Gasteiger partial charge in [0, 0.05) is 6.54 Å². The molecule has 24 heavy (non-hydrogen) atoms. The molecule has 0 radical (unpaired) electrons. The van der Waals surface area contributed by atoms with Crippen molar-refractivity contribution in [2.75, 3.05) is 26.3 Å². The van der Waals surface area contributed by atoms with Crippen LogP contribution < -0.4 is 10.1 Å². The van der Waals surface area contributed by atoms with Gasteiger partial charge in [-0.1, -0.05) is 5.92 Å². The minimum Gasteiger partial charge on any atom is -0.481 e. The molecule has 0 amide bonds. The fourth-order valence-electron chi connectivity index (χ4n) is 2.72. The predicted octanol–water partition coefficient (Wildman–Crippen LogP) is 1.16. The lowest BCUT2D eigenvalue weighted by Crippen LogP contribution is -2.57. The molecule has 130 valence electrons. The van der Waals surface area contributed by atoms with Crippen molar-refractivity contribution >= 4 is 15.8 Å². The van der Waals surface area contributed by atoms with E-state index in [2.05, 4.69) is 11.2 Å². The van der Waals surface area contributed by atoms with Gasteiger partial charge in [0.25, 0.3) is 0 Å². The monoisotopic (exact) mass is 351 g/mol. The van der Waals surface area contributed by atoms with E-state index < -0.39 is 20.6 Å². The molecule has 1 fully saturated rings. The van der Waals surface area contributed by atoms with Crippen LogP contribution in [0.2, 0.25) is 0 Å². The molecule has 0 aliphatic carbocycles. The summed E-state index contributed by atoms with van der Waals surface area (Å²) in [5.41, 5.74) is 0. The number of carbonyl (C=O) groups excluding carboxylic acids is 1. The number of sulfone groups is 1. The van der Waals surface area contributed by atoms with E-state index in [1.54, 1.807) is 6.92 Å². The number of hydrogen-bond donors (Lipinski definition) is 1. The quantitative estimate of drug-likeness (QED) is 0.612. The molecule has 7 heteroatoms. The number of esters is 1. The Bertz CT molecular complexity index is 712. The second kappa shape index (κ2) is 7.69. The molecule has 1 N–H and O–H groups in total. The first-order valence-electron chi connectivity index (χ1n) is 7.77. The van der Waals surface area contributed by atoms with Crippen LogP contribution in [0, 0.1) is 12.3 Å². The lowest BCUT2D eigenvalue weighted by molar-refractivity contribution is -0.146. The van der Waals surface area contributed by atoms with E-state index in [1.807, 2.05) is 0 Å². The van der Waals surface area contributed by atoms with Crippen molar-refractivity contribution in [1.29, 1.82) is 0 Å². The fourth-order valence-corrected chi connectivity index (χ4v) is 4.65. The molecule has 0 spiro atoms. The standard InChI is InChI=1S/C17H21NO5S/c1-3-12-23-14-6-8-15(9-7-14)24(20,21)17(16(19)22-4-2)10-5-11-18-13-17/h1,6-9,18H,4-5,10-13H2,2H3. The van der Waals surface area contributed by atoms with Crippen LogP contribution in [0.3, 0.4) is 0 Å². The zero-order valence-electron chi connectivity index (χ0n) is 13.6. The highest BCUT2D eigenvalue weighted by Gasteiger charge is 2.53. The molecule has 1 unspecified atom stereocenters. The first kappa shape index (κ1) is 18.3. The maximum atomic E-state index is 13.1. The van der Waals surface area contributed by atoms with Crippen LogP contribution in [0.4, 0.5) is 0 Å². The summed E-state index contributed by atoms with van der Waals surface area (Å²) >= 11 is 0. The summed E-state index contributed by atoms with van der Waals surface area (Å²) in [6, 6.07) is 5.91. The number of carbonyl (C=O) groups is 1. The minimum atomic E-state index is -3.92. The van der Waals surface area contributed by atoms with Gasteiger partial charge in [0.2, 0.25) is 0 Å². The third-order valence-electron chi connectivity index (χ3n) is 3.96. The van der Waals surface area contributed by atoms with Gasteiger partial charge >= 0.3 is 5.97 Å². The maximum Gasteiger partial charge on any atom is 0.329 e. The average molecular weight is 351 g/mol. The largest absolute Gasteiger partial charge is 0.481 e. The van der Waals surface area contributed by atoms with Crippen LogP contribution in [0.5, 0.6) is 5.75 Å². The molecule has 1 aliphatic heterocycles. The Morgan fingerprint density at radius 3 is 2.62 bits per heavy atom. The Labute approximate surface area is 142 Å². The highest BCUT2D eigenvalue weighted by atomic mass is 32.2. The summed E-state index contributed by atoms with van der Waals surface area (Å²) in [6.07, 6.45) is 5.94. The van der Waals surface area contributed by atoms with Gasteiger partial charge in [0.15, 0.2) is 14.6 Å². The van der Waals surface area contributed by atoms with Crippen LogP contribution in [-0.4, -0.2) is 45.4 Å². The number of terminal acetylenes is 1. The van der Waals surface area contributed by atoms with Crippen molar-refractivity contribution < 1.29 is 22.7 Å². The van der Waals surface area contributed by atoms with Gasteiger partial charge in [0.05, 0.1) is 11.5 Å². The van der Waals surface area contributed by atoms with E-state index in [-0.39, 0.29) is 31.1 Å². The second-order valence-corrected chi connectivity index (χ2v) is 7.72. The number of rotatable bonds is 6. The topological polar surface area (TPSA) is 81.7 Å². The summed E-state index contributed by atoms with van der Waals surface area (Å²) < 4.78 is 35.0. The van der Waals surface area contributed by atoms with Gasteiger partial charge < -0.3 is 14.8 Å². The van der Waals surface area contributed by atoms with Crippen LogP contribution in [-0.2, 0) is 19.4 Å². The zero-order chi connectivity index (χ0) is 17.6. The molecule has 1 atom stereocenters. The molecule has 1 heterocycles. The fraction of sp³-hybridized carbons (Fsp3) is 0.471. The normalized spacial score (nSPS) is 20.8. The number of piperidine rings is 1. The third kappa shape index (κ3) is 3.40. The summed E-state index contributed by atoms with van der Waals surface area (Å²) in [7, 11) is -3.92. The average Bonchev–Trinajstić information content (AvgIpc) is 2.61. The van der Waals surface area contributed by atoms with Gasteiger partial charge in [-0.05, 0) is 50.6 Å². The maximum absolute atomic E-state index is 13.1. The molecule has 1 aliphatic rings. The SMILES string of the molecule is C#CCOc1ccc(S(=O)(=O)C2(C(=O)OCC)CCCNC2)cc1. The van der Waals surface area contributed by atoms with E-state index in [4.69, 9.17) is 15.9 Å². The van der Waals surface area contributed by atoms with Gasteiger partial charge in [-0.3, -0.25) is 4.79 Å². The molecule has 2 rings (SSSR count). The number of hydrogen-bond acceptors (Lipinski definition) is 6. The molecular formula is C17H21NO5S. The number of benzene rings is 1. The van der Waals surface area contributed by atoms with Gasteiger partial charge in [-0.2, -0.15) is 0 Å². The Morgan fingerprint density at radius 1 is 1.38 bits per heavy atom. The Balaban J connectivity index is 2.37. The highest BCUT2D eigenvalue weighted by molar-refractivity contribution is 7.93. The summed E-state index contributed by atoms with van der Waals surface area (Å²) in [4.78, 5) is 12.5. The summed E-state index contributed by atoms with van der Waals surface area (Å²) in [5, 5.41) is 3.00. The highest BCUT2D eigenvalue weighted by Crippen LogP contribution is 2.34. The second-order valence-electron chi connectivity index (χ2n) is 5.46. The lowest BCUT2D eigenvalue weighted by atomic mass is 9.99. The van der Waals surface area contributed by atoms with E-state index in [9.17, 15) is 13.2 Å². The molecule has 0 bridgehead atoms. The van der Waals surface area contributed by atoms with Crippen molar-refractivity contribution in [2.24, 2.45) is 0 Å². The van der Waals surface area contributed by atoms with Crippen molar-refractivity contribution in [3.05, 3.63) is 24.3 Å². The van der Waals surface area contributed by atoms with Gasteiger partial charge in [0.1, 0.15) is 12.4 Å². The number of nitrogens with one attached hydrogen (secondary N) is 1. The van der Waals surface area contributed by atoms with Gasteiger partial charge in [-0.15, -0.1) is 6.42 Å². The molecule has 1 aromatic carbocycles.